The second kappa shape index (κ2) is 5.67. The van der Waals surface area contributed by atoms with E-state index in [2.05, 4.69) is 0 Å². The van der Waals surface area contributed by atoms with Crippen molar-refractivity contribution in [3.63, 3.8) is 0 Å². The number of aliphatic hydroxyl groups is 1. The molecule has 0 saturated carbocycles. The predicted octanol–water partition coefficient (Wildman–Crippen LogP) is 2.35. The van der Waals surface area contributed by atoms with Gasteiger partial charge < -0.3 is 15.6 Å². The summed E-state index contributed by atoms with van der Waals surface area (Å²) in [6, 6.07) is 15.4. The first-order valence-corrected chi connectivity index (χ1v) is 5.86. The Hall–Kier alpha value is -1.84. The molecule has 18 heavy (non-hydrogen) atoms. The van der Waals surface area contributed by atoms with Gasteiger partial charge in [0.1, 0.15) is 5.75 Å². The average molecular weight is 243 g/mol. The van der Waals surface area contributed by atoms with Gasteiger partial charge in [0.2, 0.25) is 0 Å². The Morgan fingerprint density at radius 2 is 1.78 bits per heavy atom. The zero-order chi connectivity index (χ0) is 13.0. The Morgan fingerprint density at radius 1 is 1.11 bits per heavy atom. The van der Waals surface area contributed by atoms with E-state index in [0.717, 1.165) is 22.4 Å². The van der Waals surface area contributed by atoms with Gasteiger partial charge in [0.05, 0.1) is 19.8 Å². The first-order chi connectivity index (χ1) is 8.76. The van der Waals surface area contributed by atoms with Crippen LogP contribution in [0.5, 0.6) is 5.75 Å². The molecule has 1 atom stereocenters. The van der Waals surface area contributed by atoms with E-state index in [0.29, 0.717) is 0 Å². The molecule has 3 N–H and O–H groups in total. The molecule has 0 aliphatic rings. The molecule has 3 nitrogen and oxygen atoms in total. The first kappa shape index (κ1) is 12.6. The molecular weight excluding hydrogens is 226 g/mol. The van der Waals surface area contributed by atoms with Gasteiger partial charge in [0, 0.05) is 5.56 Å². The fourth-order valence-electron chi connectivity index (χ4n) is 1.90. The smallest absolute Gasteiger partial charge is 0.126 e. The van der Waals surface area contributed by atoms with Crippen molar-refractivity contribution in [2.45, 2.75) is 6.04 Å². The largest absolute Gasteiger partial charge is 0.496 e. The van der Waals surface area contributed by atoms with Crippen molar-refractivity contribution in [1.29, 1.82) is 0 Å². The molecule has 0 heterocycles. The fraction of sp³-hybridized carbons (Fsp3) is 0.200. The van der Waals surface area contributed by atoms with Crippen LogP contribution in [0.2, 0.25) is 0 Å². The van der Waals surface area contributed by atoms with E-state index in [4.69, 9.17) is 15.6 Å². The quantitative estimate of drug-likeness (QED) is 0.866. The van der Waals surface area contributed by atoms with Crippen LogP contribution in [0.3, 0.4) is 0 Å². The Balaban J connectivity index is 2.34. The molecule has 0 aromatic heterocycles. The van der Waals surface area contributed by atoms with Gasteiger partial charge in [-0.25, -0.2) is 0 Å². The summed E-state index contributed by atoms with van der Waals surface area (Å²) in [7, 11) is 1.66. The lowest BCUT2D eigenvalue weighted by Crippen LogP contribution is -2.14. The Morgan fingerprint density at radius 3 is 2.39 bits per heavy atom. The lowest BCUT2D eigenvalue weighted by Gasteiger charge is -2.11. The van der Waals surface area contributed by atoms with E-state index in [-0.39, 0.29) is 12.6 Å². The van der Waals surface area contributed by atoms with Crippen LogP contribution in [0, 0.1) is 0 Å². The van der Waals surface area contributed by atoms with Crippen molar-refractivity contribution in [2.24, 2.45) is 5.73 Å². The van der Waals surface area contributed by atoms with Crippen molar-refractivity contribution in [2.75, 3.05) is 13.7 Å². The predicted molar refractivity (Wildman–Crippen MR) is 72.4 cm³/mol. The number of ether oxygens (including phenoxy) is 1. The summed E-state index contributed by atoms with van der Waals surface area (Å²) in [5.74, 6) is 0.844. The van der Waals surface area contributed by atoms with Crippen LogP contribution in [0.4, 0.5) is 0 Å². The first-order valence-electron chi connectivity index (χ1n) is 5.86. The third-order valence-electron chi connectivity index (χ3n) is 2.95. The zero-order valence-corrected chi connectivity index (χ0v) is 10.3. The number of para-hydroxylation sites is 1. The molecule has 0 saturated heterocycles. The van der Waals surface area contributed by atoms with Gasteiger partial charge in [-0.15, -0.1) is 0 Å². The summed E-state index contributed by atoms with van der Waals surface area (Å²) in [4.78, 5) is 0. The molecule has 0 aliphatic heterocycles. The Labute approximate surface area is 107 Å². The van der Waals surface area contributed by atoms with Crippen molar-refractivity contribution in [3.05, 3.63) is 54.1 Å². The standard InChI is InChI=1S/C15H17NO2/c1-18-15-5-3-2-4-13(15)11-6-8-12(9-7-11)14(16)10-17/h2-9,14,17H,10,16H2,1H3/t14-/m0/s1. The van der Waals surface area contributed by atoms with Crippen molar-refractivity contribution >= 4 is 0 Å². The normalized spacial score (nSPS) is 12.2. The highest BCUT2D eigenvalue weighted by Crippen LogP contribution is 2.29. The summed E-state index contributed by atoms with van der Waals surface area (Å²) >= 11 is 0. The van der Waals surface area contributed by atoms with E-state index in [1.54, 1.807) is 7.11 Å². The summed E-state index contributed by atoms with van der Waals surface area (Å²) in [5.41, 5.74) is 8.81. The maximum absolute atomic E-state index is 9.01. The zero-order valence-electron chi connectivity index (χ0n) is 10.3. The number of methoxy groups -OCH3 is 1. The van der Waals surface area contributed by atoms with E-state index in [1.807, 2.05) is 48.5 Å². The SMILES string of the molecule is COc1ccccc1-c1ccc([C@@H](N)CO)cc1. The van der Waals surface area contributed by atoms with E-state index < -0.39 is 0 Å². The number of aliphatic hydroxyl groups excluding tert-OH is 1. The number of benzene rings is 2. The molecule has 2 aromatic rings. The Kier molecular flexibility index (Phi) is 3.97. The highest BCUT2D eigenvalue weighted by atomic mass is 16.5. The van der Waals surface area contributed by atoms with Crippen molar-refractivity contribution in [3.8, 4) is 16.9 Å². The summed E-state index contributed by atoms with van der Waals surface area (Å²) in [6.45, 7) is -0.0476. The summed E-state index contributed by atoms with van der Waals surface area (Å²) in [6.07, 6.45) is 0. The van der Waals surface area contributed by atoms with Gasteiger partial charge in [0.15, 0.2) is 0 Å². The van der Waals surface area contributed by atoms with Crippen LogP contribution in [-0.2, 0) is 0 Å². The molecule has 2 aromatic carbocycles. The maximum Gasteiger partial charge on any atom is 0.126 e. The van der Waals surface area contributed by atoms with E-state index in [9.17, 15) is 0 Å². The number of hydrogen-bond acceptors (Lipinski definition) is 3. The molecule has 0 bridgehead atoms. The summed E-state index contributed by atoms with van der Waals surface area (Å²) < 4.78 is 5.33. The summed E-state index contributed by atoms with van der Waals surface area (Å²) in [5, 5.41) is 9.01. The second-order valence-electron chi connectivity index (χ2n) is 4.11. The monoisotopic (exact) mass is 243 g/mol. The molecule has 0 fully saturated rings. The molecule has 0 spiro atoms. The Bertz CT molecular complexity index is 508. The molecule has 0 radical (unpaired) electrons. The van der Waals surface area contributed by atoms with Gasteiger partial charge in [-0.3, -0.25) is 0 Å². The molecule has 0 amide bonds. The maximum atomic E-state index is 9.01. The molecule has 94 valence electrons. The minimum atomic E-state index is -0.322. The van der Waals surface area contributed by atoms with E-state index in [1.165, 1.54) is 0 Å². The minimum absolute atomic E-state index is 0.0476. The second-order valence-corrected chi connectivity index (χ2v) is 4.11. The van der Waals surface area contributed by atoms with Gasteiger partial charge in [-0.2, -0.15) is 0 Å². The molecule has 0 aliphatic carbocycles. The third kappa shape index (κ3) is 2.53. The third-order valence-corrected chi connectivity index (χ3v) is 2.95. The molecule has 2 rings (SSSR count). The highest BCUT2D eigenvalue weighted by Gasteiger charge is 2.07. The molecule has 0 unspecified atom stereocenters. The van der Waals surface area contributed by atoms with Crippen LogP contribution in [0.15, 0.2) is 48.5 Å². The lowest BCUT2D eigenvalue weighted by molar-refractivity contribution is 0.268. The molecular formula is C15H17NO2. The fourth-order valence-corrected chi connectivity index (χ4v) is 1.90. The van der Waals surface area contributed by atoms with Crippen LogP contribution < -0.4 is 10.5 Å². The van der Waals surface area contributed by atoms with Crippen LogP contribution in [-0.4, -0.2) is 18.8 Å². The topological polar surface area (TPSA) is 55.5 Å². The number of rotatable bonds is 4. The van der Waals surface area contributed by atoms with Crippen molar-refractivity contribution < 1.29 is 9.84 Å². The minimum Gasteiger partial charge on any atom is -0.496 e. The van der Waals surface area contributed by atoms with Gasteiger partial charge >= 0.3 is 0 Å². The lowest BCUT2D eigenvalue weighted by atomic mass is 10.0. The van der Waals surface area contributed by atoms with Crippen LogP contribution in [0.1, 0.15) is 11.6 Å². The number of nitrogens with two attached hydrogens (primary N) is 1. The van der Waals surface area contributed by atoms with Gasteiger partial charge in [-0.1, -0.05) is 42.5 Å². The van der Waals surface area contributed by atoms with Gasteiger partial charge in [-0.05, 0) is 17.2 Å². The van der Waals surface area contributed by atoms with Crippen LogP contribution >= 0.6 is 0 Å². The average Bonchev–Trinajstić information content (AvgIpc) is 2.46. The van der Waals surface area contributed by atoms with Gasteiger partial charge in [0.25, 0.3) is 0 Å². The van der Waals surface area contributed by atoms with Crippen molar-refractivity contribution in [1.82, 2.24) is 0 Å². The van der Waals surface area contributed by atoms with E-state index >= 15 is 0 Å². The number of hydrogen-bond donors (Lipinski definition) is 2. The highest BCUT2D eigenvalue weighted by molar-refractivity contribution is 5.70. The molecule has 3 heteroatoms. The van der Waals surface area contributed by atoms with Crippen LogP contribution in [0.25, 0.3) is 11.1 Å².